The number of aryl methyl sites for hydroxylation is 2. The van der Waals surface area contributed by atoms with Gasteiger partial charge in [-0.25, -0.2) is 4.79 Å². The molecule has 0 bridgehead atoms. The van der Waals surface area contributed by atoms with E-state index >= 15 is 0 Å². The van der Waals surface area contributed by atoms with E-state index in [1.54, 1.807) is 26.4 Å². The van der Waals surface area contributed by atoms with Gasteiger partial charge in [-0.1, -0.05) is 103 Å². The molecule has 0 aromatic heterocycles. The molecule has 5 nitrogen and oxygen atoms in total. The summed E-state index contributed by atoms with van der Waals surface area (Å²) in [6, 6.07) is 7.37. The predicted octanol–water partition coefficient (Wildman–Crippen LogP) is 9.83. The third-order valence-electron chi connectivity index (χ3n) is 6.96. The Balaban J connectivity index is 2.30. The van der Waals surface area contributed by atoms with Gasteiger partial charge in [0.15, 0.2) is 23.0 Å². The normalized spacial score (nSPS) is 10.2. The Morgan fingerprint density at radius 3 is 1.36 bits per heavy atom. The van der Waals surface area contributed by atoms with Gasteiger partial charge in [0, 0.05) is 36.1 Å². The van der Waals surface area contributed by atoms with Crippen LogP contribution < -0.4 is 18.9 Å². The van der Waals surface area contributed by atoms with E-state index in [2.05, 4.69) is 51.4 Å². The zero-order valence-corrected chi connectivity index (χ0v) is 26.8. The Kier molecular flexibility index (Phi) is 16.8. The van der Waals surface area contributed by atoms with Crippen molar-refractivity contribution < 1.29 is 23.7 Å². The third-order valence-corrected chi connectivity index (χ3v) is 6.96. The largest absolute Gasteiger partial charge is 0.519 e. The minimum Gasteiger partial charge on any atom is -0.493 e. The highest BCUT2D eigenvalue weighted by molar-refractivity contribution is 5.71. The molecule has 228 valence electrons. The number of hydrogen-bond donors (Lipinski definition) is 0. The summed E-state index contributed by atoms with van der Waals surface area (Å²) in [5.74, 6) is 14.6. The summed E-state index contributed by atoms with van der Waals surface area (Å²) in [5, 5.41) is 0. The van der Waals surface area contributed by atoms with E-state index < -0.39 is 6.16 Å². The molecule has 0 N–H and O–H groups in total. The lowest BCUT2D eigenvalue weighted by Gasteiger charge is -2.15. The Morgan fingerprint density at radius 1 is 0.571 bits per heavy atom. The molecule has 0 fully saturated rings. The minimum atomic E-state index is -0.880. The topological polar surface area (TPSA) is 54.0 Å². The molecule has 2 rings (SSSR count). The van der Waals surface area contributed by atoms with Crippen molar-refractivity contribution >= 4 is 6.16 Å². The second-order valence-corrected chi connectivity index (χ2v) is 10.5. The van der Waals surface area contributed by atoms with Crippen LogP contribution in [0.4, 0.5) is 4.79 Å². The first-order valence-electron chi connectivity index (χ1n) is 15.8. The molecule has 0 radical (unpaired) electrons. The highest BCUT2D eigenvalue weighted by atomic mass is 16.7. The molecular formula is C37H50O5. The van der Waals surface area contributed by atoms with Crippen LogP contribution in [0.2, 0.25) is 0 Å². The van der Waals surface area contributed by atoms with E-state index in [1.807, 2.05) is 12.1 Å². The van der Waals surface area contributed by atoms with Crippen LogP contribution in [-0.2, 0) is 12.8 Å². The van der Waals surface area contributed by atoms with Crippen LogP contribution >= 0.6 is 0 Å². The fourth-order valence-corrected chi connectivity index (χ4v) is 4.66. The van der Waals surface area contributed by atoms with E-state index in [9.17, 15) is 4.79 Å². The highest BCUT2D eigenvalue weighted by Crippen LogP contribution is 2.34. The fraction of sp³-hybridized carbons (Fsp3) is 0.541. The first kappa shape index (κ1) is 34.6. The monoisotopic (exact) mass is 574 g/mol. The summed E-state index contributed by atoms with van der Waals surface area (Å²) in [4.78, 5) is 13.1. The highest BCUT2D eigenvalue weighted by Gasteiger charge is 2.19. The van der Waals surface area contributed by atoms with Gasteiger partial charge in [-0.3, -0.25) is 0 Å². The summed E-state index contributed by atoms with van der Waals surface area (Å²) < 4.78 is 22.5. The van der Waals surface area contributed by atoms with E-state index in [0.717, 1.165) is 73.6 Å². The Labute approximate surface area is 254 Å². The molecule has 0 amide bonds. The number of rotatable bonds is 16. The van der Waals surface area contributed by atoms with E-state index in [-0.39, 0.29) is 11.5 Å². The molecule has 5 heteroatoms. The number of methoxy groups -OCH3 is 2. The van der Waals surface area contributed by atoms with Crippen molar-refractivity contribution in [1.29, 1.82) is 0 Å². The van der Waals surface area contributed by atoms with Gasteiger partial charge in [-0.05, 0) is 48.9 Å². The van der Waals surface area contributed by atoms with Crippen LogP contribution in [0, 0.1) is 23.7 Å². The average Bonchev–Trinajstić information content (AvgIpc) is 2.98. The van der Waals surface area contributed by atoms with Crippen molar-refractivity contribution in [2.24, 2.45) is 0 Å². The van der Waals surface area contributed by atoms with Gasteiger partial charge in [0.2, 0.25) is 0 Å². The van der Waals surface area contributed by atoms with Gasteiger partial charge >= 0.3 is 6.16 Å². The van der Waals surface area contributed by atoms with Crippen molar-refractivity contribution in [1.82, 2.24) is 0 Å². The molecule has 0 spiro atoms. The van der Waals surface area contributed by atoms with E-state index in [1.165, 1.54) is 38.5 Å². The van der Waals surface area contributed by atoms with Gasteiger partial charge in [-0.2, -0.15) is 0 Å². The van der Waals surface area contributed by atoms with Gasteiger partial charge in [0.1, 0.15) is 0 Å². The maximum Gasteiger partial charge on any atom is 0.519 e. The van der Waals surface area contributed by atoms with Gasteiger partial charge in [-0.15, -0.1) is 0 Å². The zero-order valence-electron chi connectivity index (χ0n) is 26.8. The summed E-state index contributed by atoms with van der Waals surface area (Å²) >= 11 is 0. The van der Waals surface area contributed by atoms with Gasteiger partial charge in [0.25, 0.3) is 0 Å². The van der Waals surface area contributed by atoms with Gasteiger partial charge in [0.05, 0.1) is 14.2 Å². The second-order valence-electron chi connectivity index (χ2n) is 10.5. The minimum absolute atomic E-state index is 0.270. The third kappa shape index (κ3) is 11.7. The lowest BCUT2D eigenvalue weighted by Crippen LogP contribution is -2.15. The number of hydrogen-bond acceptors (Lipinski definition) is 5. The molecule has 0 saturated heterocycles. The molecule has 0 aliphatic carbocycles. The number of unbranched alkanes of at least 4 members (excludes halogenated alkanes) is 8. The van der Waals surface area contributed by atoms with Crippen LogP contribution in [0.15, 0.2) is 24.3 Å². The maximum atomic E-state index is 13.1. The quantitative estimate of drug-likeness (QED) is 0.0864. The Morgan fingerprint density at radius 2 is 1.00 bits per heavy atom. The van der Waals surface area contributed by atoms with Crippen molar-refractivity contribution in [2.45, 2.75) is 118 Å². The molecule has 0 atom stereocenters. The lowest BCUT2D eigenvalue weighted by atomic mass is 10.0. The number of carbonyl (C=O) groups excluding carboxylic acids is 1. The smallest absolute Gasteiger partial charge is 0.493 e. The van der Waals surface area contributed by atoms with Crippen molar-refractivity contribution in [2.75, 3.05) is 14.2 Å². The molecule has 0 saturated carbocycles. The molecule has 2 aromatic rings. The van der Waals surface area contributed by atoms with E-state index in [4.69, 9.17) is 18.9 Å². The first-order chi connectivity index (χ1) is 20.5. The van der Waals surface area contributed by atoms with Crippen LogP contribution in [0.1, 0.15) is 127 Å². The number of benzene rings is 2. The molecule has 0 aliphatic heterocycles. The molecule has 42 heavy (non-hydrogen) atoms. The number of carbonyl (C=O) groups is 1. The van der Waals surface area contributed by atoms with Crippen molar-refractivity contribution in [3.05, 3.63) is 46.5 Å². The van der Waals surface area contributed by atoms with Crippen LogP contribution in [0.25, 0.3) is 0 Å². The molecule has 0 unspecified atom stereocenters. The number of ether oxygens (including phenoxy) is 4. The standard InChI is InChI=1S/C37H50O5/c1-7-11-13-15-17-19-23-31-27-35(33(39-5)25-29(31)21-9-3)41-37(38)42-36-28-32(24-20-18-16-14-12-8-2)30(22-10-4)26-34(36)40-6/h25-28H,7-18,21-22H2,1-6H3. The average molecular weight is 575 g/mol. The SMILES string of the molecule is CCCCCCC#Cc1cc(OC(=O)Oc2cc(C#CCCCCCC)c(CCC)cc2OC)c(OC)cc1CCC. The van der Waals surface area contributed by atoms with E-state index in [0.29, 0.717) is 11.5 Å². The zero-order chi connectivity index (χ0) is 30.6. The Hall–Kier alpha value is -3.57. The van der Waals surface area contributed by atoms with Crippen LogP contribution in [-0.4, -0.2) is 20.4 Å². The molecule has 0 heterocycles. The molecule has 0 aliphatic rings. The molecular weight excluding hydrogens is 524 g/mol. The fourth-order valence-electron chi connectivity index (χ4n) is 4.66. The summed E-state index contributed by atoms with van der Waals surface area (Å²) in [5.41, 5.74) is 3.83. The predicted molar refractivity (Wildman–Crippen MR) is 172 cm³/mol. The van der Waals surface area contributed by atoms with Gasteiger partial charge < -0.3 is 18.9 Å². The first-order valence-corrected chi connectivity index (χ1v) is 15.8. The summed E-state index contributed by atoms with van der Waals surface area (Å²) in [6.45, 7) is 8.66. The van der Waals surface area contributed by atoms with Crippen LogP contribution in [0.3, 0.4) is 0 Å². The maximum absolute atomic E-state index is 13.1. The van der Waals surface area contributed by atoms with Crippen LogP contribution in [0.5, 0.6) is 23.0 Å². The summed E-state index contributed by atoms with van der Waals surface area (Å²) in [7, 11) is 3.12. The van der Waals surface area contributed by atoms with Crippen molar-refractivity contribution in [3.63, 3.8) is 0 Å². The second kappa shape index (κ2) is 20.3. The Bertz CT molecular complexity index is 1140. The van der Waals surface area contributed by atoms with Crippen molar-refractivity contribution in [3.8, 4) is 46.7 Å². The summed E-state index contributed by atoms with van der Waals surface area (Å²) in [6.07, 6.45) is 13.8. The lowest BCUT2D eigenvalue weighted by molar-refractivity contribution is 0.148. The molecule has 2 aromatic carbocycles.